The quantitative estimate of drug-likeness (QED) is 0.804. The third kappa shape index (κ3) is 4.31. The molecule has 4 nitrogen and oxygen atoms in total. The predicted molar refractivity (Wildman–Crippen MR) is 64.5 cm³/mol. The van der Waals surface area contributed by atoms with E-state index in [9.17, 15) is 4.79 Å². The second kappa shape index (κ2) is 6.85. The first-order valence-electron chi connectivity index (χ1n) is 5.49. The van der Waals surface area contributed by atoms with Crippen LogP contribution in [0.2, 0.25) is 0 Å². The van der Waals surface area contributed by atoms with Crippen LogP contribution in [-0.2, 0) is 11.3 Å². The van der Waals surface area contributed by atoms with Crippen molar-refractivity contribution in [3.8, 4) is 0 Å². The zero-order chi connectivity index (χ0) is 11.8. The molecule has 1 rings (SSSR count). The SMILES string of the molecule is CCNCc1ccc(NC(=O)OCC)cc1. The molecule has 1 amide bonds. The summed E-state index contributed by atoms with van der Waals surface area (Å²) >= 11 is 0. The molecule has 0 saturated carbocycles. The Kier molecular flexibility index (Phi) is 5.36. The van der Waals surface area contributed by atoms with Crippen LogP contribution in [0.15, 0.2) is 24.3 Å². The minimum absolute atomic E-state index is 0.379. The zero-order valence-electron chi connectivity index (χ0n) is 9.75. The molecule has 2 N–H and O–H groups in total. The van der Waals surface area contributed by atoms with Crippen molar-refractivity contribution in [2.75, 3.05) is 18.5 Å². The fraction of sp³-hybridized carbons (Fsp3) is 0.417. The van der Waals surface area contributed by atoms with Crippen LogP contribution in [0.4, 0.5) is 10.5 Å². The third-order valence-corrected chi connectivity index (χ3v) is 2.05. The van der Waals surface area contributed by atoms with Crippen molar-refractivity contribution in [3.63, 3.8) is 0 Å². The fourth-order valence-corrected chi connectivity index (χ4v) is 1.26. The summed E-state index contributed by atoms with van der Waals surface area (Å²) in [7, 11) is 0. The fourth-order valence-electron chi connectivity index (χ4n) is 1.26. The van der Waals surface area contributed by atoms with E-state index in [1.807, 2.05) is 24.3 Å². The lowest BCUT2D eigenvalue weighted by molar-refractivity contribution is 0.168. The van der Waals surface area contributed by atoms with Crippen molar-refractivity contribution >= 4 is 11.8 Å². The van der Waals surface area contributed by atoms with Gasteiger partial charge in [0.05, 0.1) is 6.61 Å². The van der Waals surface area contributed by atoms with Crippen LogP contribution in [0, 0.1) is 0 Å². The van der Waals surface area contributed by atoms with Gasteiger partial charge in [-0.3, -0.25) is 5.32 Å². The molecule has 0 aromatic heterocycles. The van der Waals surface area contributed by atoms with Crippen molar-refractivity contribution < 1.29 is 9.53 Å². The summed E-state index contributed by atoms with van der Waals surface area (Å²) in [6.07, 6.45) is -0.415. The minimum atomic E-state index is -0.415. The molecular formula is C12H18N2O2. The van der Waals surface area contributed by atoms with Gasteiger partial charge in [0.1, 0.15) is 0 Å². The highest BCUT2D eigenvalue weighted by atomic mass is 16.5. The summed E-state index contributed by atoms with van der Waals surface area (Å²) in [5, 5.41) is 5.88. The molecule has 0 spiro atoms. The molecule has 16 heavy (non-hydrogen) atoms. The molecule has 0 unspecified atom stereocenters. The number of nitrogens with one attached hydrogen (secondary N) is 2. The van der Waals surface area contributed by atoms with Crippen molar-refractivity contribution in [2.45, 2.75) is 20.4 Å². The Balaban J connectivity index is 2.47. The molecule has 0 aliphatic carbocycles. The lowest BCUT2D eigenvalue weighted by Crippen LogP contribution is -2.14. The van der Waals surface area contributed by atoms with Gasteiger partial charge in [-0.1, -0.05) is 19.1 Å². The van der Waals surface area contributed by atoms with Crippen molar-refractivity contribution in [1.29, 1.82) is 0 Å². The second-order valence-corrected chi connectivity index (χ2v) is 3.32. The monoisotopic (exact) mass is 222 g/mol. The van der Waals surface area contributed by atoms with E-state index in [1.165, 1.54) is 5.56 Å². The maximum atomic E-state index is 11.1. The van der Waals surface area contributed by atoms with Gasteiger partial charge < -0.3 is 10.1 Å². The number of carbonyl (C=O) groups is 1. The molecular weight excluding hydrogens is 204 g/mol. The summed E-state index contributed by atoms with van der Waals surface area (Å²) in [6.45, 7) is 6.01. The Morgan fingerprint density at radius 2 is 1.94 bits per heavy atom. The smallest absolute Gasteiger partial charge is 0.411 e. The number of anilines is 1. The number of ether oxygens (including phenoxy) is 1. The van der Waals surface area contributed by atoms with Gasteiger partial charge >= 0.3 is 6.09 Å². The molecule has 1 aromatic carbocycles. The lowest BCUT2D eigenvalue weighted by atomic mass is 10.2. The van der Waals surface area contributed by atoms with Crippen LogP contribution in [0.1, 0.15) is 19.4 Å². The number of benzene rings is 1. The molecule has 0 heterocycles. The van der Waals surface area contributed by atoms with Crippen LogP contribution in [0.3, 0.4) is 0 Å². The molecule has 0 fully saturated rings. The molecule has 0 radical (unpaired) electrons. The van der Waals surface area contributed by atoms with Crippen LogP contribution >= 0.6 is 0 Å². The standard InChI is InChI=1S/C12H18N2O2/c1-3-13-9-10-5-7-11(8-6-10)14-12(15)16-4-2/h5-8,13H,3-4,9H2,1-2H3,(H,14,15). The van der Waals surface area contributed by atoms with Crippen molar-refractivity contribution in [2.24, 2.45) is 0 Å². The zero-order valence-corrected chi connectivity index (χ0v) is 9.75. The normalized spacial score (nSPS) is 9.88. The average Bonchev–Trinajstić information content (AvgIpc) is 2.28. The van der Waals surface area contributed by atoms with E-state index < -0.39 is 6.09 Å². The van der Waals surface area contributed by atoms with E-state index >= 15 is 0 Å². The first-order valence-corrected chi connectivity index (χ1v) is 5.49. The number of amides is 1. The molecule has 0 bridgehead atoms. The summed E-state index contributed by atoms with van der Waals surface area (Å²) < 4.78 is 4.78. The topological polar surface area (TPSA) is 50.4 Å². The second-order valence-electron chi connectivity index (χ2n) is 3.32. The molecule has 0 atom stereocenters. The van der Waals surface area contributed by atoms with Gasteiger partial charge in [-0.25, -0.2) is 4.79 Å². The van der Waals surface area contributed by atoms with Crippen LogP contribution < -0.4 is 10.6 Å². The highest BCUT2D eigenvalue weighted by Gasteiger charge is 2.01. The molecule has 4 heteroatoms. The molecule has 0 aliphatic heterocycles. The Morgan fingerprint density at radius 3 is 2.50 bits per heavy atom. The number of hydrogen-bond donors (Lipinski definition) is 2. The Labute approximate surface area is 96.0 Å². The van der Waals surface area contributed by atoms with E-state index in [-0.39, 0.29) is 0 Å². The van der Waals surface area contributed by atoms with E-state index in [0.29, 0.717) is 6.61 Å². The highest BCUT2D eigenvalue weighted by molar-refractivity contribution is 5.84. The number of rotatable bonds is 5. The van der Waals surface area contributed by atoms with E-state index in [1.54, 1.807) is 6.92 Å². The molecule has 1 aromatic rings. The minimum Gasteiger partial charge on any atom is -0.450 e. The summed E-state index contributed by atoms with van der Waals surface area (Å²) in [6, 6.07) is 7.68. The van der Waals surface area contributed by atoms with Gasteiger partial charge in [0.2, 0.25) is 0 Å². The lowest BCUT2D eigenvalue weighted by Gasteiger charge is -2.06. The van der Waals surface area contributed by atoms with Crippen molar-refractivity contribution in [1.82, 2.24) is 5.32 Å². The van der Waals surface area contributed by atoms with Gasteiger partial charge in [0, 0.05) is 12.2 Å². The third-order valence-electron chi connectivity index (χ3n) is 2.05. The first-order chi connectivity index (χ1) is 7.76. The maximum absolute atomic E-state index is 11.1. The largest absolute Gasteiger partial charge is 0.450 e. The predicted octanol–water partition coefficient (Wildman–Crippen LogP) is 2.36. The Bertz CT molecular complexity index is 322. The van der Waals surface area contributed by atoms with Gasteiger partial charge in [0.25, 0.3) is 0 Å². The number of carbonyl (C=O) groups excluding carboxylic acids is 1. The van der Waals surface area contributed by atoms with Gasteiger partial charge in [0.15, 0.2) is 0 Å². The molecule has 0 aliphatic rings. The van der Waals surface area contributed by atoms with Gasteiger partial charge in [-0.2, -0.15) is 0 Å². The van der Waals surface area contributed by atoms with E-state index in [2.05, 4.69) is 17.6 Å². The number of hydrogen-bond acceptors (Lipinski definition) is 3. The maximum Gasteiger partial charge on any atom is 0.411 e. The van der Waals surface area contributed by atoms with Crippen LogP contribution in [0.25, 0.3) is 0 Å². The van der Waals surface area contributed by atoms with Gasteiger partial charge in [-0.05, 0) is 31.2 Å². The van der Waals surface area contributed by atoms with Crippen molar-refractivity contribution in [3.05, 3.63) is 29.8 Å². The molecule has 88 valence electrons. The first kappa shape index (κ1) is 12.5. The van der Waals surface area contributed by atoms with E-state index in [4.69, 9.17) is 4.74 Å². The van der Waals surface area contributed by atoms with Crippen LogP contribution in [0.5, 0.6) is 0 Å². The summed E-state index contributed by atoms with van der Waals surface area (Å²) in [5.41, 5.74) is 1.94. The average molecular weight is 222 g/mol. The highest BCUT2D eigenvalue weighted by Crippen LogP contribution is 2.09. The molecule has 0 saturated heterocycles. The Morgan fingerprint density at radius 1 is 1.25 bits per heavy atom. The van der Waals surface area contributed by atoms with E-state index in [0.717, 1.165) is 18.8 Å². The van der Waals surface area contributed by atoms with Gasteiger partial charge in [-0.15, -0.1) is 0 Å². The van der Waals surface area contributed by atoms with Crippen LogP contribution in [-0.4, -0.2) is 19.2 Å². The summed E-state index contributed by atoms with van der Waals surface area (Å²) in [5.74, 6) is 0. The Hall–Kier alpha value is -1.55. The summed E-state index contributed by atoms with van der Waals surface area (Å²) in [4.78, 5) is 11.1.